The number of phenols is 3. The highest BCUT2D eigenvalue weighted by Crippen LogP contribution is 2.56. The Labute approximate surface area is 266 Å². The summed E-state index contributed by atoms with van der Waals surface area (Å²) in [6.45, 7) is 1.10. The first-order valence-corrected chi connectivity index (χ1v) is 17.7. The molecule has 0 fully saturated rings. The van der Waals surface area contributed by atoms with Gasteiger partial charge in [0.25, 0.3) is 5.91 Å². The number of unbranched alkanes of at least 4 members (excludes halogenated alkanes) is 5. The van der Waals surface area contributed by atoms with Crippen LogP contribution in [-0.4, -0.2) is 46.4 Å². The highest BCUT2D eigenvalue weighted by Gasteiger charge is 2.44. The van der Waals surface area contributed by atoms with E-state index < -0.39 is 30.4 Å². The molecule has 0 unspecified atom stereocenters. The van der Waals surface area contributed by atoms with Gasteiger partial charge in [-0.15, -0.1) is 0 Å². The third-order valence-electron chi connectivity index (χ3n) is 8.03. The molecule has 236 valence electrons. The Morgan fingerprint density at radius 2 is 1.00 bits per heavy atom. The first-order valence-electron chi connectivity index (χ1n) is 15.8. The van der Waals surface area contributed by atoms with Crippen molar-refractivity contribution in [2.24, 2.45) is 0 Å². The molecule has 0 aliphatic carbocycles. The maximum Gasteiger partial charge on any atom is 0.251 e. The molecule has 45 heavy (non-hydrogen) atoms. The zero-order chi connectivity index (χ0) is 31.9. The van der Waals surface area contributed by atoms with E-state index in [9.17, 15) is 24.9 Å². The minimum absolute atomic E-state index is 0.0788. The van der Waals surface area contributed by atoms with Gasteiger partial charge in [0.15, 0.2) is 17.2 Å². The van der Waals surface area contributed by atoms with Gasteiger partial charge in [0.2, 0.25) is 5.91 Å². The van der Waals surface area contributed by atoms with E-state index in [0.29, 0.717) is 19.5 Å². The van der Waals surface area contributed by atoms with Crippen molar-refractivity contribution < 1.29 is 24.9 Å². The predicted molar refractivity (Wildman–Crippen MR) is 184 cm³/mol. The Morgan fingerprint density at radius 1 is 0.556 bits per heavy atom. The van der Waals surface area contributed by atoms with E-state index >= 15 is 0 Å². The van der Waals surface area contributed by atoms with Crippen LogP contribution in [0.5, 0.6) is 17.2 Å². The van der Waals surface area contributed by atoms with Gasteiger partial charge in [0, 0.05) is 25.1 Å². The molecule has 0 aromatic heterocycles. The average Bonchev–Trinajstić information content (AvgIpc) is 3.07. The van der Waals surface area contributed by atoms with Crippen molar-refractivity contribution in [3.05, 3.63) is 109 Å². The summed E-state index contributed by atoms with van der Waals surface area (Å²) in [5.74, 6) is -2.06. The molecule has 0 bridgehead atoms. The summed E-state index contributed by atoms with van der Waals surface area (Å²) in [6.07, 6.45) is 7.97. The van der Waals surface area contributed by atoms with Gasteiger partial charge in [0.05, 0.1) is 6.16 Å². The van der Waals surface area contributed by atoms with Crippen LogP contribution >= 0.6 is 7.26 Å². The lowest BCUT2D eigenvalue weighted by Crippen LogP contribution is -2.33. The van der Waals surface area contributed by atoms with E-state index in [1.807, 2.05) is 0 Å². The molecule has 8 heteroatoms. The molecular formula is C37H44N2O5P+. The average molecular weight is 628 g/mol. The maximum atomic E-state index is 12.5. The first kappa shape index (κ1) is 33.5. The van der Waals surface area contributed by atoms with E-state index in [4.69, 9.17) is 0 Å². The molecule has 0 saturated carbocycles. The van der Waals surface area contributed by atoms with E-state index in [-0.39, 0.29) is 11.5 Å². The SMILES string of the molecule is O=C(CCCCC[P+](c1ccccc1)(c1ccccc1)c1ccccc1)NCCCCCCNC(=O)c1cc(O)c(O)c(O)c1. The number of hydrogen-bond acceptors (Lipinski definition) is 5. The smallest absolute Gasteiger partial charge is 0.251 e. The molecule has 0 radical (unpaired) electrons. The highest BCUT2D eigenvalue weighted by molar-refractivity contribution is 7.95. The lowest BCUT2D eigenvalue weighted by molar-refractivity contribution is -0.121. The van der Waals surface area contributed by atoms with Crippen molar-refractivity contribution in [2.45, 2.75) is 51.4 Å². The maximum absolute atomic E-state index is 12.5. The minimum atomic E-state index is -1.83. The molecule has 0 heterocycles. The van der Waals surface area contributed by atoms with E-state index in [0.717, 1.165) is 63.2 Å². The Kier molecular flexibility index (Phi) is 12.8. The number of benzene rings is 4. The van der Waals surface area contributed by atoms with Gasteiger partial charge in [-0.2, -0.15) is 0 Å². The Bertz CT molecular complexity index is 1380. The fourth-order valence-corrected chi connectivity index (χ4v) is 10.1. The van der Waals surface area contributed by atoms with Gasteiger partial charge in [-0.1, -0.05) is 67.4 Å². The van der Waals surface area contributed by atoms with Crippen LogP contribution in [0.3, 0.4) is 0 Å². The number of aromatic hydroxyl groups is 3. The van der Waals surface area contributed by atoms with Crippen LogP contribution in [0.4, 0.5) is 0 Å². The van der Waals surface area contributed by atoms with Gasteiger partial charge < -0.3 is 26.0 Å². The lowest BCUT2D eigenvalue weighted by atomic mass is 10.1. The highest BCUT2D eigenvalue weighted by atomic mass is 31.2. The fraction of sp³-hybridized carbons (Fsp3) is 0.297. The van der Waals surface area contributed by atoms with Crippen LogP contribution in [0.15, 0.2) is 103 Å². The first-order chi connectivity index (χ1) is 21.9. The molecule has 7 nitrogen and oxygen atoms in total. The number of amides is 2. The fourth-order valence-electron chi connectivity index (χ4n) is 5.65. The second-order valence-electron chi connectivity index (χ2n) is 11.2. The topological polar surface area (TPSA) is 119 Å². The molecular weight excluding hydrogens is 583 g/mol. The van der Waals surface area contributed by atoms with Crippen molar-refractivity contribution in [3.8, 4) is 17.2 Å². The van der Waals surface area contributed by atoms with Gasteiger partial charge in [0.1, 0.15) is 23.2 Å². The summed E-state index contributed by atoms with van der Waals surface area (Å²) in [6, 6.07) is 34.9. The molecule has 0 aliphatic heterocycles. The summed E-state index contributed by atoms with van der Waals surface area (Å²) < 4.78 is 0. The Balaban J connectivity index is 1.15. The molecule has 0 saturated heterocycles. The van der Waals surface area contributed by atoms with Gasteiger partial charge in [-0.05, 0) is 80.6 Å². The van der Waals surface area contributed by atoms with Crippen molar-refractivity contribution >= 4 is 35.0 Å². The quantitative estimate of drug-likeness (QED) is 0.0579. The largest absolute Gasteiger partial charge is 0.504 e. The predicted octanol–water partition coefficient (Wildman–Crippen LogP) is 5.76. The van der Waals surface area contributed by atoms with Gasteiger partial charge in [-0.3, -0.25) is 9.59 Å². The van der Waals surface area contributed by atoms with Crippen LogP contribution in [0, 0.1) is 0 Å². The number of rotatable bonds is 17. The van der Waals surface area contributed by atoms with Crippen molar-refractivity contribution in [2.75, 3.05) is 19.3 Å². The molecule has 4 aromatic rings. The monoisotopic (exact) mass is 627 g/mol. The number of nitrogens with one attached hydrogen (secondary N) is 2. The van der Waals surface area contributed by atoms with Crippen LogP contribution in [0.25, 0.3) is 0 Å². The molecule has 0 atom stereocenters. The summed E-state index contributed by atoms with van der Waals surface area (Å²) in [4.78, 5) is 24.7. The van der Waals surface area contributed by atoms with Gasteiger partial charge in [-0.25, -0.2) is 0 Å². The number of carbonyl (C=O) groups excluding carboxylic acids is 2. The van der Waals surface area contributed by atoms with Crippen LogP contribution in [0.1, 0.15) is 61.7 Å². The normalized spacial score (nSPS) is 11.2. The van der Waals surface area contributed by atoms with Crippen molar-refractivity contribution in [3.63, 3.8) is 0 Å². The molecule has 5 N–H and O–H groups in total. The van der Waals surface area contributed by atoms with E-state index in [2.05, 4.69) is 102 Å². The second kappa shape index (κ2) is 17.2. The Morgan fingerprint density at radius 3 is 1.49 bits per heavy atom. The van der Waals surface area contributed by atoms with E-state index in [1.165, 1.54) is 15.9 Å². The van der Waals surface area contributed by atoms with Crippen LogP contribution < -0.4 is 26.5 Å². The van der Waals surface area contributed by atoms with Crippen molar-refractivity contribution in [1.82, 2.24) is 10.6 Å². The number of hydrogen-bond donors (Lipinski definition) is 5. The lowest BCUT2D eigenvalue weighted by Gasteiger charge is -2.27. The minimum Gasteiger partial charge on any atom is -0.504 e. The summed E-state index contributed by atoms with van der Waals surface area (Å²) in [5.41, 5.74) is 0.0788. The summed E-state index contributed by atoms with van der Waals surface area (Å²) in [5, 5.41) is 38.5. The third kappa shape index (κ3) is 9.32. The van der Waals surface area contributed by atoms with Crippen LogP contribution in [-0.2, 0) is 4.79 Å². The Hall–Kier alpha value is -4.35. The molecule has 0 spiro atoms. The molecule has 4 aromatic carbocycles. The number of phenolic OH excluding ortho intramolecular Hbond substituents is 3. The third-order valence-corrected chi connectivity index (χ3v) is 12.6. The van der Waals surface area contributed by atoms with Gasteiger partial charge >= 0.3 is 0 Å². The molecule has 4 rings (SSSR count). The standard InChI is InChI=1S/C37H43N2O5P/c40-33-27-29(28-34(41)36(33)43)37(44)39-25-15-2-1-14-24-38-35(42)23-13-6-16-26-45(30-17-7-3-8-18-30,31-19-9-4-10-20-31)32-21-11-5-12-22-32/h3-5,7-12,17-22,27-28H,1-2,6,13-16,23-26H2,(H4-,38,39,40,41,42,43,44)/p+1. The zero-order valence-electron chi connectivity index (χ0n) is 25.7. The summed E-state index contributed by atoms with van der Waals surface area (Å²) in [7, 11) is -1.83. The van der Waals surface area contributed by atoms with E-state index in [1.54, 1.807) is 0 Å². The van der Waals surface area contributed by atoms with Crippen LogP contribution in [0.2, 0.25) is 0 Å². The summed E-state index contributed by atoms with van der Waals surface area (Å²) >= 11 is 0. The zero-order valence-corrected chi connectivity index (χ0v) is 26.6. The molecule has 0 aliphatic rings. The second-order valence-corrected chi connectivity index (χ2v) is 14.8. The molecule has 2 amide bonds. The van der Waals surface area contributed by atoms with Crippen molar-refractivity contribution in [1.29, 1.82) is 0 Å². The number of carbonyl (C=O) groups is 2.